The highest BCUT2D eigenvalue weighted by molar-refractivity contribution is 7.89. The van der Waals surface area contributed by atoms with Crippen molar-refractivity contribution in [3.8, 4) is 0 Å². The van der Waals surface area contributed by atoms with Crippen LogP contribution in [0, 0.1) is 11.7 Å². The molecule has 1 fully saturated rings. The average Bonchev–Trinajstić information content (AvgIpc) is 2.39. The summed E-state index contributed by atoms with van der Waals surface area (Å²) in [5, 5.41) is 11.9. The van der Waals surface area contributed by atoms with E-state index in [2.05, 4.69) is 5.16 Å². The third-order valence-corrected chi connectivity index (χ3v) is 5.14. The third kappa shape index (κ3) is 2.62. The fourth-order valence-electron chi connectivity index (χ4n) is 2.15. The van der Waals surface area contributed by atoms with Gasteiger partial charge in [0.2, 0.25) is 10.0 Å². The lowest BCUT2D eigenvalue weighted by Crippen LogP contribution is -2.43. The van der Waals surface area contributed by atoms with E-state index in [4.69, 9.17) is 5.21 Å². The van der Waals surface area contributed by atoms with Crippen molar-refractivity contribution in [2.24, 2.45) is 11.1 Å². The number of hydrogen-bond acceptors (Lipinski definition) is 4. The molecule has 0 amide bonds. The summed E-state index contributed by atoms with van der Waals surface area (Å²) < 4.78 is 39.5. The summed E-state index contributed by atoms with van der Waals surface area (Å²) in [5.74, 6) is -0.933. The summed E-state index contributed by atoms with van der Waals surface area (Å²) in [6.07, 6.45) is 0.353. The summed E-state index contributed by atoms with van der Waals surface area (Å²) in [6, 6.07) is 5.32. The van der Waals surface area contributed by atoms with E-state index in [1.54, 1.807) is 6.92 Å². The van der Waals surface area contributed by atoms with E-state index >= 15 is 0 Å². The summed E-state index contributed by atoms with van der Waals surface area (Å²) in [5.41, 5.74) is 0.569. The van der Waals surface area contributed by atoms with Gasteiger partial charge >= 0.3 is 0 Å². The van der Waals surface area contributed by atoms with Gasteiger partial charge in [0.1, 0.15) is 10.7 Å². The first-order valence-corrected chi connectivity index (χ1v) is 7.36. The van der Waals surface area contributed by atoms with Crippen LogP contribution in [0.3, 0.4) is 0 Å². The van der Waals surface area contributed by atoms with Crippen molar-refractivity contribution in [1.29, 1.82) is 0 Å². The Morgan fingerprint density at radius 3 is 2.68 bits per heavy atom. The van der Waals surface area contributed by atoms with Gasteiger partial charge in [0.05, 0.1) is 5.71 Å². The molecular weight excluding hydrogens is 271 g/mol. The van der Waals surface area contributed by atoms with E-state index in [9.17, 15) is 12.8 Å². The van der Waals surface area contributed by atoms with E-state index in [1.807, 2.05) is 0 Å². The van der Waals surface area contributed by atoms with E-state index in [0.717, 1.165) is 6.07 Å². The van der Waals surface area contributed by atoms with Crippen LogP contribution in [0.4, 0.5) is 4.39 Å². The van der Waals surface area contributed by atoms with Gasteiger partial charge in [-0.3, -0.25) is 0 Å². The molecule has 2 rings (SSSR count). The summed E-state index contributed by atoms with van der Waals surface area (Å²) in [4.78, 5) is -0.313. The minimum absolute atomic E-state index is 0.180. The topological polar surface area (TPSA) is 70.0 Å². The second kappa shape index (κ2) is 5.26. The first-order valence-electron chi connectivity index (χ1n) is 5.92. The summed E-state index contributed by atoms with van der Waals surface area (Å²) in [7, 11) is -3.84. The molecule has 1 atom stereocenters. The van der Waals surface area contributed by atoms with Gasteiger partial charge in [-0.25, -0.2) is 12.8 Å². The Labute approximate surface area is 111 Å². The highest BCUT2D eigenvalue weighted by atomic mass is 32.2. The van der Waals surface area contributed by atoms with Gasteiger partial charge in [0.15, 0.2) is 0 Å². The zero-order chi connectivity index (χ0) is 14.0. The van der Waals surface area contributed by atoms with Crippen LogP contribution in [0.2, 0.25) is 0 Å². The Kier molecular flexibility index (Phi) is 3.86. The van der Waals surface area contributed by atoms with Gasteiger partial charge in [0, 0.05) is 25.4 Å². The van der Waals surface area contributed by atoms with Crippen LogP contribution in [-0.2, 0) is 10.0 Å². The predicted octanol–water partition coefficient (Wildman–Crippen LogP) is 1.69. The maximum atomic E-state index is 13.6. The highest BCUT2D eigenvalue weighted by Gasteiger charge is 2.33. The summed E-state index contributed by atoms with van der Waals surface area (Å²) >= 11 is 0. The Bertz CT molecular complexity index is 601. The molecule has 1 unspecified atom stereocenters. The van der Waals surface area contributed by atoms with E-state index in [-0.39, 0.29) is 23.9 Å². The number of hydrogen-bond donors (Lipinski definition) is 1. The average molecular weight is 286 g/mol. The molecule has 1 heterocycles. The zero-order valence-corrected chi connectivity index (χ0v) is 11.3. The second-order valence-corrected chi connectivity index (χ2v) is 6.44. The molecule has 1 N–H and O–H groups in total. The van der Waals surface area contributed by atoms with Crippen LogP contribution in [0.25, 0.3) is 0 Å². The largest absolute Gasteiger partial charge is 0.411 e. The van der Waals surface area contributed by atoms with E-state index < -0.39 is 15.8 Å². The number of benzene rings is 1. The molecule has 19 heavy (non-hydrogen) atoms. The molecule has 0 saturated carbocycles. The molecule has 0 aliphatic carbocycles. The number of rotatable bonds is 2. The fourth-order valence-corrected chi connectivity index (χ4v) is 3.74. The molecule has 1 aliphatic rings. The van der Waals surface area contributed by atoms with Crippen LogP contribution in [0.1, 0.15) is 13.3 Å². The minimum atomic E-state index is -3.84. The molecule has 0 bridgehead atoms. The molecule has 7 heteroatoms. The molecule has 1 aromatic carbocycles. The van der Waals surface area contributed by atoms with Crippen LogP contribution >= 0.6 is 0 Å². The molecule has 1 saturated heterocycles. The molecule has 0 radical (unpaired) electrons. The third-order valence-electron chi connectivity index (χ3n) is 3.25. The molecule has 0 aromatic heterocycles. The molecule has 1 aliphatic heterocycles. The Hall–Kier alpha value is -1.47. The predicted molar refractivity (Wildman–Crippen MR) is 68.2 cm³/mol. The van der Waals surface area contributed by atoms with Gasteiger partial charge in [0.25, 0.3) is 0 Å². The molecule has 1 aromatic rings. The monoisotopic (exact) mass is 286 g/mol. The van der Waals surface area contributed by atoms with Crippen molar-refractivity contribution in [3.63, 3.8) is 0 Å². The number of sulfonamides is 1. The normalized spacial score (nSPS) is 23.7. The van der Waals surface area contributed by atoms with Crippen molar-refractivity contribution in [3.05, 3.63) is 30.1 Å². The SMILES string of the molecule is CC1CN(S(=O)(=O)c2ccccc2F)CC/C1=N\O. The maximum absolute atomic E-state index is 13.6. The van der Waals surface area contributed by atoms with Crippen LogP contribution in [0.15, 0.2) is 34.3 Å². The van der Waals surface area contributed by atoms with Crippen molar-refractivity contribution in [2.75, 3.05) is 13.1 Å². The lowest BCUT2D eigenvalue weighted by atomic mass is 10.00. The second-order valence-electron chi connectivity index (χ2n) is 4.54. The van der Waals surface area contributed by atoms with Crippen molar-refractivity contribution < 1.29 is 18.0 Å². The highest BCUT2D eigenvalue weighted by Crippen LogP contribution is 2.23. The van der Waals surface area contributed by atoms with Crippen LogP contribution in [-0.4, -0.2) is 36.7 Å². The van der Waals surface area contributed by atoms with E-state index in [0.29, 0.717) is 12.1 Å². The molecule has 5 nitrogen and oxygen atoms in total. The molecule has 0 spiro atoms. The molecule has 104 valence electrons. The molecular formula is C12H15FN2O3S. The lowest BCUT2D eigenvalue weighted by Gasteiger charge is -2.30. The van der Waals surface area contributed by atoms with Gasteiger partial charge in [-0.2, -0.15) is 4.31 Å². The van der Waals surface area contributed by atoms with Gasteiger partial charge in [-0.15, -0.1) is 0 Å². The fraction of sp³-hybridized carbons (Fsp3) is 0.417. The van der Waals surface area contributed by atoms with Crippen molar-refractivity contribution in [1.82, 2.24) is 4.31 Å². The number of oxime groups is 1. The summed E-state index contributed by atoms with van der Waals surface area (Å²) in [6.45, 7) is 2.16. The first kappa shape index (κ1) is 14.0. The van der Waals surface area contributed by atoms with Gasteiger partial charge in [-0.05, 0) is 12.1 Å². The number of nitrogens with zero attached hydrogens (tertiary/aromatic N) is 2. The van der Waals surface area contributed by atoms with Gasteiger partial charge < -0.3 is 5.21 Å². The number of piperidine rings is 1. The standard InChI is InChI=1S/C12H15FN2O3S/c1-9-8-15(7-6-11(9)14-16)19(17,18)12-5-3-2-4-10(12)13/h2-5,9,16H,6-8H2,1H3/b14-11+. The van der Waals surface area contributed by atoms with Gasteiger partial charge in [-0.1, -0.05) is 24.2 Å². The Morgan fingerprint density at radius 2 is 2.11 bits per heavy atom. The smallest absolute Gasteiger partial charge is 0.246 e. The van der Waals surface area contributed by atoms with Crippen molar-refractivity contribution >= 4 is 15.7 Å². The minimum Gasteiger partial charge on any atom is -0.411 e. The van der Waals surface area contributed by atoms with Crippen LogP contribution in [0.5, 0.6) is 0 Å². The first-order chi connectivity index (χ1) is 8.96. The van der Waals surface area contributed by atoms with Crippen molar-refractivity contribution in [2.45, 2.75) is 18.2 Å². The maximum Gasteiger partial charge on any atom is 0.246 e. The Morgan fingerprint density at radius 1 is 1.42 bits per heavy atom. The lowest BCUT2D eigenvalue weighted by molar-refractivity contribution is 0.300. The zero-order valence-electron chi connectivity index (χ0n) is 10.5. The number of halogens is 1. The van der Waals surface area contributed by atoms with E-state index in [1.165, 1.54) is 22.5 Å². The van der Waals surface area contributed by atoms with Crippen LogP contribution < -0.4 is 0 Å². The Balaban J connectivity index is 2.30. The quantitative estimate of drug-likeness (QED) is 0.664.